The van der Waals surface area contributed by atoms with E-state index >= 15 is 0 Å². The van der Waals surface area contributed by atoms with E-state index in [9.17, 15) is 10.1 Å². The lowest BCUT2D eigenvalue weighted by atomic mass is 10.4. The molecule has 15 heavy (non-hydrogen) atoms. The lowest BCUT2D eigenvalue weighted by molar-refractivity contribution is -0.413. The average Bonchev–Trinajstić information content (AvgIpc) is 2.01. The number of H-pyrrole nitrogens is 1. The molecule has 0 saturated heterocycles. The molecule has 9 nitrogen and oxygen atoms in total. The molecule has 1 aromatic heterocycles. The Labute approximate surface area is 83.6 Å². The van der Waals surface area contributed by atoms with Gasteiger partial charge in [-0.2, -0.15) is 0 Å². The van der Waals surface area contributed by atoms with Crippen LogP contribution < -0.4 is 15.6 Å². The Morgan fingerprint density at radius 2 is 1.93 bits per heavy atom. The van der Waals surface area contributed by atoms with Gasteiger partial charge in [-0.3, -0.25) is 20.4 Å². The summed E-state index contributed by atoms with van der Waals surface area (Å²) in [5, 5.41) is 10.1. The van der Waals surface area contributed by atoms with E-state index in [1.807, 2.05) is 0 Å². The van der Waals surface area contributed by atoms with Crippen molar-refractivity contribution in [3.05, 3.63) is 28.4 Å². The van der Waals surface area contributed by atoms with Gasteiger partial charge in [0, 0.05) is 12.1 Å². The number of hydrogen-bond acceptors (Lipinski definition) is 5. The molecule has 10 heteroatoms. The molecule has 0 aliphatic heterocycles. The third-order valence-electron chi connectivity index (χ3n) is 1.03. The van der Waals surface area contributed by atoms with Crippen molar-refractivity contribution in [1.82, 2.24) is 0 Å². The van der Waals surface area contributed by atoms with Crippen molar-refractivity contribution < 1.29 is 29.2 Å². The first-order chi connectivity index (χ1) is 6.70. The van der Waals surface area contributed by atoms with Crippen LogP contribution in [0.4, 0.5) is 11.5 Å². The standard InChI is InChI=1S/C5H5N3O2.H3O4P/c6-5-2-1-4(3-7-5)8(9)10;1-5(2,3)4/h1-3H,(H2,6,7);(H3,1,2,3,4). The second-order valence-corrected chi connectivity index (χ2v) is 3.23. The molecule has 0 unspecified atom stereocenters. The maximum Gasteiger partial charge on any atom is 0.308 e. The number of nitrogens with one attached hydrogen (secondary N) is 1. The molecule has 0 bridgehead atoms. The highest BCUT2D eigenvalue weighted by atomic mass is 31.2. The summed E-state index contributed by atoms with van der Waals surface area (Å²) in [7, 11) is -4.89. The highest BCUT2D eigenvalue weighted by molar-refractivity contribution is 7.43. The van der Waals surface area contributed by atoms with Crippen molar-refractivity contribution in [2.24, 2.45) is 0 Å². The van der Waals surface area contributed by atoms with Gasteiger partial charge >= 0.3 is 5.69 Å². The van der Waals surface area contributed by atoms with Crippen LogP contribution in [0.5, 0.6) is 0 Å². The third kappa shape index (κ3) is 8.78. The monoisotopic (exact) mass is 237 g/mol. The minimum atomic E-state index is -4.89. The Kier molecular flexibility index (Phi) is 4.82. The van der Waals surface area contributed by atoms with Crippen molar-refractivity contribution in [1.29, 1.82) is 0 Å². The Morgan fingerprint density at radius 3 is 2.20 bits per heavy atom. The Balaban J connectivity index is 0.000000336. The molecule has 5 N–H and O–H groups in total. The number of nitrogen functional groups attached to an aromatic ring is 1. The quantitative estimate of drug-likeness (QED) is 0.301. The van der Waals surface area contributed by atoms with Gasteiger partial charge in [0.1, 0.15) is 0 Å². The zero-order valence-electron chi connectivity index (χ0n) is 7.23. The van der Waals surface area contributed by atoms with Gasteiger partial charge in [-0.05, 0) is 0 Å². The molecule has 0 radical (unpaired) electrons. The van der Waals surface area contributed by atoms with Crippen LogP contribution in [0.25, 0.3) is 0 Å². The number of anilines is 1. The van der Waals surface area contributed by atoms with Gasteiger partial charge in [-0.25, -0.2) is 4.98 Å². The van der Waals surface area contributed by atoms with Crippen LogP contribution in [-0.2, 0) is 4.57 Å². The first-order valence-corrected chi connectivity index (χ1v) is 4.91. The van der Waals surface area contributed by atoms with E-state index in [1.165, 1.54) is 18.3 Å². The number of hydrogen-bond donors (Lipinski definition) is 3. The lowest BCUT2D eigenvalue weighted by Gasteiger charge is -2.01. The number of rotatable bonds is 1. The fraction of sp³-hybridized carbons (Fsp3) is 0. The molecular formula is C5H8N3O6P. The van der Waals surface area contributed by atoms with Gasteiger partial charge in [0.15, 0.2) is 6.20 Å². The number of pyridine rings is 1. The smallest absolute Gasteiger partial charge is 0.308 e. The van der Waals surface area contributed by atoms with E-state index in [1.54, 1.807) is 0 Å². The number of nitro groups is 1. The Morgan fingerprint density at radius 1 is 1.47 bits per heavy atom. The normalized spacial score (nSPS) is 10.1. The molecule has 84 valence electrons. The largest absolute Gasteiger partial charge is 0.756 e. The van der Waals surface area contributed by atoms with Crippen molar-refractivity contribution in [2.75, 3.05) is 5.73 Å². The van der Waals surface area contributed by atoms with E-state index < -0.39 is 12.7 Å². The summed E-state index contributed by atoms with van der Waals surface area (Å²) >= 11 is 0. The summed E-state index contributed by atoms with van der Waals surface area (Å²) in [5.41, 5.74) is 5.26. The summed E-state index contributed by atoms with van der Waals surface area (Å²) in [4.78, 5) is 35.0. The van der Waals surface area contributed by atoms with Crippen LogP contribution in [0, 0.1) is 10.1 Å². The highest BCUT2D eigenvalue weighted by Crippen LogP contribution is 2.18. The second-order valence-electron chi connectivity index (χ2n) is 2.25. The predicted molar refractivity (Wildman–Crippen MR) is 46.1 cm³/mol. The Hall–Kier alpha value is -1.54. The van der Waals surface area contributed by atoms with Crippen LogP contribution in [0.3, 0.4) is 0 Å². The summed E-state index contributed by atoms with van der Waals surface area (Å²) in [5.74, 6) is 0.408. The minimum Gasteiger partial charge on any atom is -0.756 e. The molecule has 0 atom stereocenters. The zero-order valence-corrected chi connectivity index (χ0v) is 8.13. The maximum atomic E-state index is 10.1. The predicted octanol–water partition coefficient (Wildman–Crippen LogP) is -1.57. The van der Waals surface area contributed by atoms with Crippen LogP contribution in [0.1, 0.15) is 0 Å². The molecule has 1 heterocycles. The number of nitrogens with two attached hydrogens (primary N) is 1. The number of aromatic nitrogens is 1. The molecule has 0 fully saturated rings. The van der Waals surface area contributed by atoms with Gasteiger partial charge in [0.05, 0.1) is 4.92 Å². The fourth-order valence-corrected chi connectivity index (χ4v) is 0.542. The first kappa shape index (κ1) is 13.5. The number of nitrogens with zero attached hydrogens (tertiary/aromatic N) is 1. The molecule has 0 aliphatic carbocycles. The molecule has 0 saturated carbocycles. The summed E-state index contributed by atoms with van der Waals surface area (Å²) < 4.78 is 8.77. The summed E-state index contributed by atoms with van der Waals surface area (Å²) in [6.45, 7) is 0. The molecule has 0 amide bonds. The van der Waals surface area contributed by atoms with Gasteiger partial charge in [0.2, 0.25) is 0 Å². The van der Waals surface area contributed by atoms with E-state index in [4.69, 9.17) is 25.0 Å². The Bertz CT molecular complexity index is 365. The van der Waals surface area contributed by atoms with Gasteiger partial charge in [-0.15, -0.1) is 0 Å². The summed E-state index contributed by atoms with van der Waals surface area (Å²) in [6.07, 6.45) is 1.25. The van der Waals surface area contributed by atoms with Crippen molar-refractivity contribution in [2.45, 2.75) is 0 Å². The topological polar surface area (TPSA) is 164 Å². The van der Waals surface area contributed by atoms with Gasteiger partial charge in [-0.1, -0.05) is 0 Å². The van der Waals surface area contributed by atoms with Crippen molar-refractivity contribution >= 4 is 19.3 Å². The minimum absolute atomic E-state index is 0.00852. The van der Waals surface area contributed by atoms with Gasteiger partial charge < -0.3 is 14.7 Å². The van der Waals surface area contributed by atoms with Crippen LogP contribution in [0.2, 0.25) is 0 Å². The van der Waals surface area contributed by atoms with E-state index in [2.05, 4.69) is 4.98 Å². The molecule has 1 aromatic rings. The number of aromatic amines is 1. The third-order valence-corrected chi connectivity index (χ3v) is 1.03. The average molecular weight is 237 g/mol. The highest BCUT2D eigenvalue weighted by Gasteiger charge is 2.05. The molecule has 0 aliphatic rings. The summed E-state index contributed by atoms with van der Waals surface area (Å²) in [6, 6.07) is 2.78. The molecule has 0 aromatic carbocycles. The first-order valence-electron chi connectivity index (χ1n) is 3.38. The number of phosphoric acid groups is 1. The molecule has 1 rings (SSSR count). The SMILES string of the molecule is Nc1ccc([N+](=O)[O-])c[nH+]1.O=P([O-])(O)O. The second kappa shape index (κ2) is 5.37. The van der Waals surface area contributed by atoms with E-state index in [-0.39, 0.29) is 5.69 Å². The van der Waals surface area contributed by atoms with Gasteiger partial charge in [0.25, 0.3) is 13.6 Å². The zero-order chi connectivity index (χ0) is 12.1. The van der Waals surface area contributed by atoms with Crippen LogP contribution >= 0.6 is 7.82 Å². The fourth-order valence-electron chi connectivity index (χ4n) is 0.542. The lowest BCUT2D eigenvalue weighted by Crippen LogP contribution is -2.09. The molecule has 0 spiro atoms. The van der Waals surface area contributed by atoms with Crippen LogP contribution in [0.15, 0.2) is 18.3 Å². The maximum absolute atomic E-state index is 10.1. The van der Waals surface area contributed by atoms with E-state index in [0.717, 1.165) is 0 Å². The van der Waals surface area contributed by atoms with E-state index in [0.29, 0.717) is 5.82 Å². The van der Waals surface area contributed by atoms with Crippen molar-refractivity contribution in [3.8, 4) is 0 Å². The van der Waals surface area contributed by atoms with Crippen LogP contribution in [-0.4, -0.2) is 14.7 Å². The molecular weight excluding hydrogens is 229 g/mol. The van der Waals surface area contributed by atoms with Crippen molar-refractivity contribution in [3.63, 3.8) is 0 Å².